The van der Waals surface area contributed by atoms with Crippen molar-refractivity contribution >= 4 is 11.9 Å². The molecule has 2 unspecified atom stereocenters. The van der Waals surface area contributed by atoms with Gasteiger partial charge < -0.3 is 15.5 Å². The molecule has 4 rings (SSSR count). The molecule has 0 radical (unpaired) electrons. The summed E-state index contributed by atoms with van der Waals surface area (Å²) in [5.74, 6) is 0.419. The van der Waals surface area contributed by atoms with E-state index in [1.54, 1.807) is 4.90 Å². The van der Waals surface area contributed by atoms with Gasteiger partial charge in [0.05, 0.1) is 0 Å². The molecule has 0 spiro atoms. The van der Waals surface area contributed by atoms with Crippen molar-refractivity contribution in [2.24, 2.45) is 0 Å². The van der Waals surface area contributed by atoms with Crippen molar-refractivity contribution in [2.75, 3.05) is 13.1 Å². The van der Waals surface area contributed by atoms with Gasteiger partial charge in [0.25, 0.3) is 0 Å². The van der Waals surface area contributed by atoms with Gasteiger partial charge in [0.2, 0.25) is 5.91 Å². The number of fused-ring (bicyclic) bond motifs is 1. The summed E-state index contributed by atoms with van der Waals surface area (Å²) in [6, 6.07) is 8.45. The Kier molecular flexibility index (Phi) is 4.17. The molecule has 2 atom stereocenters. The Morgan fingerprint density at radius 3 is 2.79 bits per heavy atom. The molecule has 0 aromatic heterocycles. The molecule has 1 aromatic carbocycles. The van der Waals surface area contributed by atoms with Crippen molar-refractivity contribution in [2.45, 2.75) is 56.5 Å². The van der Waals surface area contributed by atoms with Crippen molar-refractivity contribution in [3.05, 3.63) is 35.4 Å². The first-order chi connectivity index (χ1) is 11.7. The molecule has 3 amide bonds. The van der Waals surface area contributed by atoms with Crippen LogP contribution in [0.15, 0.2) is 24.3 Å². The van der Waals surface area contributed by atoms with Crippen LogP contribution in [0.4, 0.5) is 4.79 Å². The number of hydrogen-bond donors (Lipinski definition) is 2. The van der Waals surface area contributed by atoms with E-state index in [1.807, 2.05) is 0 Å². The van der Waals surface area contributed by atoms with E-state index in [1.165, 1.54) is 11.1 Å². The number of benzene rings is 1. The van der Waals surface area contributed by atoms with E-state index in [2.05, 4.69) is 34.9 Å². The second kappa shape index (κ2) is 6.46. The van der Waals surface area contributed by atoms with Gasteiger partial charge in [-0.3, -0.25) is 4.79 Å². The van der Waals surface area contributed by atoms with Crippen LogP contribution in [-0.2, 0) is 11.2 Å². The fourth-order valence-electron chi connectivity index (χ4n) is 3.98. The summed E-state index contributed by atoms with van der Waals surface area (Å²) in [5, 5.41) is 6.10. The normalized spacial score (nSPS) is 25.4. The third kappa shape index (κ3) is 3.12. The zero-order valence-electron chi connectivity index (χ0n) is 14.0. The second-order valence-corrected chi connectivity index (χ2v) is 7.25. The number of aryl methyl sites for hydroxylation is 1. The van der Waals surface area contributed by atoms with Crippen LogP contribution in [-0.4, -0.2) is 42.0 Å². The van der Waals surface area contributed by atoms with Crippen LogP contribution in [0.25, 0.3) is 0 Å². The number of hydrogen-bond acceptors (Lipinski definition) is 2. The SMILES string of the molecule is O=C(NC1CC1)C1CCCN1C(=O)NCC1CCc2ccccc21. The zero-order valence-corrected chi connectivity index (χ0v) is 14.0. The Labute approximate surface area is 142 Å². The maximum atomic E-state index is 12.6. The molecule has 2 N–H and O–H groups in total. The minimum atomic E-state index is -0.290. The van der Waals surface area contributed by atoms with Gasteiger partial charge in [0.15, 0.2) is 0 Å². The molecule has 5 heteroatoms. The van der Waals surface area contributed by atoms with Crippen LogP contribution >= 0.6 is 0 Å². The lowest BCUT2D eigenvalue weighted by molar-refractivity contribution is -0.124. The molecule has 2 fully saturated rings. The van der Waals surface area contributed by atoms with E-state index in [-0.39, 0.29) is 18.0 Å². The van der Waals surface area contributed by atoms with Crippen molar-refractivity contribution in [1.29, 1.82) is 0 Å². The maximum absolute atomic E-state index is 12.6. The molecule has 3 aliphatic rings. The smallest absolute Gasteiger partial charge is 0.318 e. The molecule has 24 heavy (non-hydrogen) atoms. The minimum Gasteiger partial charge on any atom is -0.352 e. The number of amides is 3. The highest BCUT2D eigenvalue weighted by molar-refractivity contribution is 5.88. The topological polar surface area (TPSA) is 61.4 Å². The number of carbonyl (C=O) groups is 2. The Balaban J connectivity index is 1.33. The van der Waals surface area contributed by atoms with Crippen LogP contribution < -0.4 is 10.6 Å². The van der Waals surface area contributed by atoms with E-state index in [4.69, 9.17) is 0 Å². The lowest BCUT2D eigenvalue weighted by Crippen LogP contribution is -2.50. The fraction of sp³-hybridized carbons (Fsp3) is 0.579. The Hall–Kier alpha value is -2.04. The molecule has 5 nitrogen and oxygen atoms in total. The fourth-order valence-corrected chi connectivity index (χ4v) is 3.98. The summed E-state index contributed by atoms with van der Waals surface area (Å²) in [7, 11) is 0. The number of likely N-dealkylation sites (tertiary alicyclic amines) is 1. The van der Waals surface area contributed by atoms with Crippen LogP contribution in [0.5, 0.6) is 0 Å². The molecule has 1 aliphatic heterocycles. The first kappa shape index (κ1) is 15.5. The second-order valence-electron chi connectivity index (χ2n) is 7.25. The Morgan fingerprint density at radius 2 is 1.96 bits per heavy atom. The van der Waals surface area contributed by atoms with E-state index >= 15 is 0 Å². The Bertz CT molecular complexity index is 641. The van der Waals surface area contributed by atoms with Crippen LogP contribution in [0.2, 0.25) is 0 Å². The van der Waals surface area contributed by atoms with Crippen molar-refractivity contribution in [1.82, 2.24) is 15.5 Å². The molecular formula is C19H25N3O2. The van der Waals surface area contributed by atoms with Crippen molar-refractivity contribution in [3.8, 4) is 0 Å². The molecule has 1 heterocycles. The van der Waals surface area contributed by atoms with Gasteiger partial charge in [-0.2, -0.15) is 0 Å². The lowest BCUT2D eigenvalue weighted by Gasteiger charge is -2.25. The highest BCUT2D eigenvalue weighted by Gasteiger charge is 2.36. The summed E-state index contributed by atoms with van der Waals surface area (Å²) in [6.45, 7) is 1.33. The number of urea groups is 1. The van der Waals surface area contributed by atoms with Crippen LogP contribution in [0, 0.1) is 0 Å². The number of nitrogens with one attached hydrogen (secondary N) is 2. The third-order valence-electron chi connectivity index (χ3n) is 5.50. The third-order valence-corrected chi connectivity index (χ3v) is 5.50. The Morgan fingerprint density at radius 1 is 1.12 bits per heavy atom. The van der Waals surface area contributed by atoms with Crippen LogP contribution in [0.1, 0.15) is 49.1 Å². The summed E-state index contributed by atoms with van der Waals surface area (Å²) >= 11 is 0. The van der Waals surface area contributed by atoms with Crippen molar-refractivity contribution in [3.63, 3.8) is 0 Å². The molecule has 1 saturated carbocycles. The van der Waals surface area contributed by atoms with Gasteiger partial charge in [-0.05, 0) is 49.7 Å². The van der Waals surface area contributed by atoms with E-state index < -0.39 is 0 Å². The number of nitrogens with zero attached hydrogens (tertiary/aromatic N) is 1. The molecule has 2 aliphatic carbocycles. The largest absolute Gasteiger partial charge is 0.352 e. The quantitative estimate of drug-likeness (QED) is 0.890. The maximum Gasteiger partial charge on any atom is 0.318 e. The average molecular weight is 327 g/mol. The standard InChI is InChI=1S/C19H25N3O2/c23-18(21-15-9-10-15)17-6-3-11-22(17)19(24)20-12-14-8-7-13-4-1-2-5-16(13)14/h1-2,4-5,14-15,17H,3,6-12H2,(H,20,24)(H,21,23). The molecule has 0 bridgehead atoms. The summed E-state index contributed by atoms with van der Waals surface area (Å²) in [6.07, 6.45) is 6.01. The summed E-state index contributed by atoms with van der Waals surface area (Å²) < 4.78 is 0. The van der Waals surface area contributed by atoms with Gasteiger partial charge in [0, 0.05) is 25.0 Å². The minimum absolute atomic E-state index is 0.0244. The number of carbonyl (C=O) groups excluding carboxylic acids is 2. The first-order valence-corrected chi connectivity index (χ1v) is 9.15. The van der Waals surface area contributed by atoms with E-state index in [0.29, 0.717) is 25.0 Å². The van der Waals surface area contributed by atoms with Gasteiger partial charge in [-0.15, -0.1) is 0 Å². The van der Waals surface area contributed by atoms with E-state index in [0.717, 1.165) is 38.5 Å². The monoisotopic (exact) mass is 327 g/mol. The molecule has 1 aromatic rings. The van der Waals surface area contributed by atoms with Crippen molar-refractivity contribution < 1.29 is 9.59 Å². The summed E-state index contributed by atoms with van der Waals surface area (Å²) in [5.41, 5.74) is 2.77. The van der Waals surface area contributed by atoms with Gasteiger partial charge in [0.1, 0.15) is 6.04 Å². The van der Waals surface area contributed by atoms with Gasteiger partial charge in [-0.25, -0.2) is 4.79 Å². The first-order valence-electron chi connectivity index (χ1n) is 9.15. The lowest BCUT2D eigenvalue weighted by atomic mass is 10.0. The molecular weight excluding hydrogens is 302 g/mol. The highest BCUT2D eigenvalue weighted by atomic mass is 16.2. The number of rotatable bonds is 4. The summed E-state index contributed by atoms with van der Waals surface area (Å²) in [4.78, 5) is 26.6. The molecule has 128 valence electrons. The molecule has 1 saturated heterocycles. The highest BCUT2D eigenvalue weighted by Crippen LogP contribution is 2.32. The predicted molar refractivity (Wildman–Crippen MR) is 91.8 cm³/mol. The van der Waals surface area contributed by atoms with Gasteiger partial charge in [-0.1, -0.05) is 24.3 Å². The average Bonchev–Trinajstić information content (AvgIpc) is 3.13. The predicted octanol–water partition coefficient (Wildman–Crippen LogP) is 2.17. The van der Waals surface area contributed by atoms with Gasteiger partial charge >= 0.3 is 6.03 Å². The van der Waals surface area contributed by atoms with E-state index in [9.17, 15) is 9.59 Å². The zero-order chi connectivity index (χ0) is 16.5. The van der Waals surface area contributed by atoms with Crippen LogP contribution in [0.3, 0.4) is 0 Å².